The van der Waals surface area contributed by atoms with Crippen molar-refractivity contribution in [3.8, 4) is 0 Å². The molecule has 0 aromatic heterocycles. The molecule has 0 heterocycles. The van der Waals surface area contributed by atoms with Crippen LogP contribution in [-0.2, 0) is 0 Å². The summed E-state index contributed by atoms with van der Waals surface area (Å²) in [4.78, 5) is 0. The van der Waals surface area contributed by atoms with E-state index in [4.69, 9.17) is 0 Å². The Hall–Kier alpha value is 2.26. The molecule has 0 aromatic rings. The van der Waals surface area contributed by atoms with Crippen molar-refractivity contribution in [1.82, 2.24) is 0 Å². The summed E-state index contributed by atoms with van der Waals surface area (Å²) in [5.74, 6) is 0. The smallest absolute Gasteiger partial charge is 0 e. The van der Waals surface area contributed by atoms with E-state index in [1.165, 1.54) is 0 Å². The van der Waals surface area contributed by atoms with Crippen molar-refractivity contribution >= 4 is 75.5 Å². The molecule has 0 bridgehead atoms. The van der Waals surface area contributed by atoms with Crippen LogP contribution in [0.25, 0.3) is 0 Å². The molecule has 4 heavy (non-hydrogen) atoms. The zero-order chi connectivity index (χ0) is 2.00. The third-order valence-electron chi connectivity index (χ3n) is 0. The summed E-state index contributed by atoms with van der Waals surface area (Å²) in [6.07, 6.45) is 0. The summed E-state index contributed by atoms with van der Waals surface area (Å²) in [5, 5.41) is 0. The molecule has 16 valence electrons. The molecule has 0 amide bonds. The Kier molecular flexibility index (Phi) is 76.2. The topological polar surface area (TPSA) is 0 Å². The van der Waals surface area contributed by atoms with Crippen molar-refractivity contribution in [3.63, 3.8) is 0 Å². The van der Waals surface area contributed by atoms with Gasteiger partial charge in [-0.1, -0.05) is 0 Å². The molecule has 0 saturated carbocycles. The minimum atomic E-state index is 0. The van der Waals surface area contributed by atoms with Gasteiger partial charge in [0.2, 0.25) is 0 Å². The maximum Gasteiger partial charge on any atom is 0 e. The van der Waals surface area contributed by atoms with Crippen LogP contribution in [0, 0.1) is 0 Å². The maximum atomic E-state index is 3.00. The van der Waals surface area contributed by atoms with E-state index in [0.29, 0.717) is 0 Å². The van der Waals surface area contributed by atoms with Gasteiger partial charge in [-0.15, -0.1) is 13.2 Å². The van der Waals surface area contributed by atoms with Gasteiger partial charge in [-0.3, -0.25) is 0 Å². The second-order valence-electron chi connectivity index (χ2n) is 0. The first-order valence-electron chi connectivity index (χ1n) is 0.500. The van der Waals surface area contributed by atoms with E-state index in [2.05, 4.69) is 13.2 Å². The first-order valence-corrected chi connectivity index (χ1v) is 0.500. The normalized spacial score (nSPS) is 1.00. The average Bonchev–Trinajstić information content (AvgIpc) is 1.00. The minimum Gasteiger partial charge on any atom is -0.106 e. The van der Waals surface area contributed by atoms with Gasteiger partial charge in [0.1, 0.15) is 0 Å². The van der Waals surface area contributed by atoms with E-state index in [1.807, 2.05) is 0 Å². The minimum absolute atomic E-state index is 0. The van der Waals surface area contributed by atoms with E-state index in [0.717, 1.165) is 0 Å². The van der Waals surface area contributed by atoms with Crippen molar-refractivity contribution in [1.29, 1.82) is 0 Å². The van der Waals surface area contributed by atoms with Crippen molar-refractivity contribution in [2.24, 2.45) is 0 Å². The summed E-state index contributed by atoms with van der Waals surface area (Å²) in [5.41, 5.74) is 0. The second kappa shape index (κ2) is 18.7. The van der Waals surface area contributed by atoms with Gasteiger partial charge in [-0.25, -0.2) is 0 Å². The largest absolute Gasteiger partial charge is 0.106 e. The van der Waals surface area contributed by atoms with Crippen LogP contribution in [0.3, 0.4) is 0 Å². The predicted molar refractivity (Wildman–Crippen MR) is 22.8 cm³/mol. The van der Waals surface area contributed by atoms with E-state index < -0.39 is 0 Å². The van der Waals surface area contributed by atoms with Gasteiger partial charge in [-0.2, -0.15) is 0 Å². The van der Waals surface area contributed by atoms with Gasteiger partial charge in [0.25, 0.3) is 0 Å². The van der Waals surface area contributed by atoms with Gasteiger partial charge in [0, 0.05) is 75.5 Å². The van der Waals surface area contributed by atoms with E-state index >= 15 is 0 Å². The molecule has 0 aliphatic heterocycles. The molecule has 0 spiro atoms. The molecule has 0 atom stereocenters. The molecule has 0 rings (SSSR count). The van der Waals surface area contributed by atoms with Crippen molar-refractivity contribution < 1.29 is 0 Å². The van der Waals surface area contributed by atoms with Gasteiger partial charge in [0.05, 0.1) is 0 Å². The van der Waals surface area contributed by atoms with E-state index in [9.17, 15) is 0 Å². The Labute approximate surface area is 86.6 Å². The van der Waals surface area contributed by atoms with Crippen LogP contribution in [-0.4, -0.2) is 75.5 Å². The molecule has 0 aromatic carbocycles. The first-order chi connectivity index (χ1) is 1.00. The van der Waals surface area contributed by atoms with Crippen LogP contribution < -0.4 is 0 Å². The molecule has 2 heteroatoms. The molecular formula is C2H4Ca2. The van der Waals surface area contributed by atoms with Crippen LogP contribution >= 0.6 is 0 Å². The van der Waals surface area contributed by atoms with Gasteiger partial charge in [-0.05, 0) is 0 Å². The second-order valence-corrected chi connectivity index (χ2v) is 0. The predicted octanol–water partition coefficient (Wildman–Crippen LogP) is 0.0406. The van der Waals surface area contributed by atoms with Gasteiger partial charge >= 0.3 is 0 Å². The SMILES string of the molecule is C=C.[Ca].[Ca]. The maximum absolute atomic E-state index is 3.00. The third kappa shape index (κ3) is 8.86. The Morgan fingerprint density at radius 3 is 0.750 bits per heavy atom. The molecule has 0 N–H and O–H groups in total. The monoisotopic (exact) mass is 108 g/mol. The van der Waals surface area contributed by atoms with Crippen molar-refractivity contribution in [3.05, 3.63) is 13.2 Å². The summed E-state index contributed by atoms with van der Waals surface area (Å²) in [6.45, 7) is 6.00. The third-order valence-corrected chi connectivity index (χ3v) is 0. The fourth-order valence-electron chi connectivity index (χ4n) is 0. The summed E-state index contributed by atoms with van der Waals surface area (Å²) < 4.78 is 0. The Morgan fingerprint density at radius 1 is 0.750 bits per heavy atom. The summed E-state index contributed by atoms with van der Waals surface area (Å²) >= 11 is 0. The zero-order valence-electron chi connectivity index (χ0n) is 2.83. The molecule has 0 aliphatic rings. The summed E-state index contributed by atoms with van der Waals surface area (Å²) in [7, 11) is 0. The molecule has 0 aliphatic carbocycles. The fraction of sp³-hybridized carbons (Fsp3) is 0. The van der Waals surface area contributed by atoms with Crippen molar-refractivity contribution in [2.45, 2.75) is 0 Å². The number of rotatable bonds is 0. The molecular weight excluding hydrogens is 104 g/mol. The number of hydrogen-bond donors (Lipinski definition) is 0. The Morgan fingerprint density at radius 2 is 0.750 bits per heavy atom. The van der Waals surface area contributed by atoms with E-state index in [-0.39, 0.29) is 75.5 Å². The first kappa shape index (κ1) is 16.3. The quantitative estimate of drug-likeness (QED) is 0.303. The Balaban J connectivity index is -0.00000000500. The van der Waals surface area contributed by atoms with Crippen LogP contribution in [0.5, 0.6) is 0 Å². The standard InChI is InChI=1S/C2H4.2Ca/c1-2;;/h1-2H2;;. The molecule has 4 radical (unpaired) electrons. The molecule has 0 unspecified atom stereocenters. The molecule has 0 nitrogen and oxygen atoms in total. The zero-order valence-corrected chi connectivity index (χ0v) is 7.25. The van der Waals surface area contributed by atoms with Crippen LogP contribution in [0.15, 0.2) is 13.2 Å². The van der Waals surface area contributed by atoms with Crippen molar-refractivity contribution in [2.75, 3.05) is 0 Å². The van der Waals surface area contributed by atoms with Gasteiger partial charge in [0.15, 0.2) is 0 Å². The van der Waals surface area contributed by atoms with Crippen LogP contribution in [0.4, 0.5) is 0 Å². The average molecular weight is 108 g/mol. The van der Waals surface area contributed by atoms with Crippen LogP contribution in [0.1, 0.15) is 0 Å². The molecule has 0 saturated heterocycles. The Bertz CT molecular complexity index is 4.00. The number of hydrogen-bond acceptors (Lipinski definition) is 0. The van der Waals surface area contributed by atoms with Crippen LogP contribution in [0.2, 0.25) is 0 Å². The summed E-state index contributed by atoms with van der Waals surface area (Å²) in [6, 6.07) is 0. The van der Waals surface area contributed by atoms with Gasteiger partial charge < -0.3 is 0 Å². The fourth-order valence-corrected chi connectivity index (χ4v) is 0. The molecule has 0 fully saturated rings. The van der Waals surface area contributed by atoms with E-state index in [1.54, 1.807) is 0 Å².